The van der Waals surface area contributed by atoms with Gasteiger partial charge in [0.2, 0.25) is 0 Å². The molecule has 11 nitrogen and oxygen atoms in total. The lowest BCUT2D eigenvalue weighted by Gasteiger charge is -2.63. The van der Waals surface area contributed by atoms with Gasteiger partial charge in [0.25, 0.3) is 0 Å². The van der Waals surface area contributed by atoms with Crippen molar-refractivity contribution in [1.82, 2.24) is 29.8 Å². The van der Waals surface area contributed by atoms with Crippen molar-refractivity contribution in [3.8, 4) is 0 Å². The van der Waals surface area contributed by atoms with E-state index in [1.807, 2.05) is 4.68 Å². The van der Waals surface area contributed by atoms with Crippen LogP contribution < -0.4 is 0 Å². The van der Waals surface area contributed by atoms with Crippen LogP contribution in [-0.2, 0) is 28.1 Å². The first-order valence-corrected chi connectivity index (χ1v) is 18.6. The molecule has 4 aliphatic carbocycles. The van der Waals surface area contributed by atoms with Crippen molar-refractivity contribution in [1.29, 1.82) is 0 Å². The Morgan fingerprint density at radius 1 is 1.14 bits per heavy atom. The Bertz CT molecular complexity index is 1710. The number of hydrogen-bond acceptors (Lipinski definition) is 9. The van der Waals surface area contributed by atoms with Crippen molar-refractivity contribution in [2.75, 3.05) is 7.11 Å². The average molecular weight is 711 g/mol. The zero-order valence-electron chi connectivity index (χ0n) is 30.0. The Labute approximate surface area is 297 Å². The van der Waals surface area contributed by atoms with Crippen molar-refractivity contribution >= 4 is 5.97 Å². The van der Waals surface area contributed by atoms with Crippen LogP contribution in [0.5, 0.6) is 0 Å². The number of fused-ring (bicyclic) bond motifs is 5. The fourth-order valence-electron chi connectivity index (χ4n) is 11.6. The summed E-state index contributed by atoms with van der Waals surface area (Å²) in [6.45, 7) is 6.69. The maximum Gasteiger partial charge on any atom is 0.305 e. The Hall–Kier alpha value is -3.29. The quantitative estimate of drug-likeness (QED) is 0.247. The van der Waals surface area contributed by atoms with E-state index in [4.69, 9.17) is 4.74 Å². The number of esters is 1. The van der Waals surface area contributed by atoms with Crippen LogP contribution >= 0.6 is 0 Å². The topological polar surface area (TPSA) is 148 Å². The summed E-state index contributed by atoms with van der Waals surface area (Å²) < 4.78 is 36.9. The minimum atomic E-state index is -1.80. The molecule has 0 amide bonds. The molecular formula is C38H52F2N6O5. The highest BCUT2D eigenvalue weighted by molar-refractivity contribution is 5.69. The summed E-state index contributed by atoms with van der Waals surface area (Å²) in [7, 11) is 1.42. The summed E-state index contributed by atoms with van der Waals surface area (Å²) in [6, 6.07) is 3.16. The first-order chi connectivity index (χ1) is 24.3. The number of aromatic nitrogens is 6. The number of hydrogen-bond donors (Lipinski definition) is 3. The lowest BCUT2D eigenvalue weighted by atomic mass is 9.43. The zero-order chi connectivity index (χ0) is 36.3. The van der Waals surface area contributed by atoms with E-state index < -0.39 is 29.4 Å². The second kappa shape index (κ2) is 13.6. The second-order valence-corrected chi connectivity index (χ2v) is 16.7. The zero-order valence-corrected chi connectivity index (χ0v) is 30.0. The molecule has 0 saturated heterocycles. The summed E-state index contributed by atoms with van der Waals surface area (Å²) >= 11 is 0. The van der Waals surface area contributed by atoms with Crippen LogP contribution in [0.15, 0.2) is 37.1 Å². The van der Waals surface area contributed by atoms with Gasteiger partial charge in [0, 0.05) is 30.7 Å². The minimum Gasteiger partial charge on any atom is -0.469 e. The van der Waals surface area contributed by atoms with E-state index in [0.717, 1.165) is 50.7 Å². The standard InChI is InChI=1S/C38H52F2N6O5/c1-22(5-10-34(49)51-4)27-8-9-29-35-30(16-33(48)37(27,29)3)36(2)12-11-26(13-23(36)14-32(35)47)46-18-25(43-44-46)17-38(50,19-45-21-41-20-42-45)28-7-6-24(39)15-31(28)40/h6-7,15,18,20-23,26-27,29-30,32-33,35,47-48,50H,5,8-14,16-17,19H2,1-4H3/t22-,23+,26+,27-,29+,30+,32-,33+,35+,36+,37-,38?/m1/s1. The number of carbonyl (C=O) groups excluding carboxylic acids is 1. The molecule has 13 heteroatoms. The Balaban J connectivity index is 1.07. The molecule has 3 N–H and O–H groups in total. The number of benzene rings is 1. The number of aliphatic hydroxyl groups excluding tert-OH is 2. The lowest BCUT2D eigenvalue weighted by Crippen LogP contribution is -2.62. The van der Waals surface area contributed by atoms with Gasteiger partial charge in [-0.05, 0) is 104 Å². The summed E-state index contributed by atoms with van der Waals surface area (Å²) in [6.07, 6.45) is 10.6. The molecule has 12 atom stereocenters. The molecule has 4 fully saturated rings. The van der Waals surface area contributed by atoms with Gasteiger partial charge in [0.15, 0.2) is 0 Å². The number of ether oxygens (including phenoxy) is 1. The lowest BCUT2D eigenvalue weighted by molar-refractivity contribution is -0.204. The molecule has 3 aromatic rings. The van der Waals surface area contributed by atoms with E-state index in [-0.39, 0.29) is 76.9 Å². The molecule has 278 valence electrons. The van der Waals surface area contributed by atoms with Crippen molar-refractivity contribution < 1.29 is 33.6 Å². The van der Waals surface area contributed by atoms with Crippen molar-refractivity contribution in [3.63, 3.8) is 0 Å². The normalized spacial score (nSPS) is 36.4. The summed E-state index contributed by atoms with van der Waals surface area (Å²) in [5.41, 5.74) is -1.75. The molecule has 0 spiro atoms. The van der Waals surface area contributed by atoms with Crippen LogP contribution in [0.3, 0.4) is 0 Å². The third-order valence-electron chi connectivity index (χ3n) is 14.3. The van der Waals surface area contributed by atoms with E-state index in [1.165, 1.54) is 30.5 Å². The van der Waals surface area contributed by atoms with Crippen molar-refractivity contribution in [3.05, 3.63) is 59.9 Å². The highest BCUT2D eigenvalue weighted by atomic mass is 19.1. The Morgan fingerprint density at radius 2 is 1.94 bits per heavy atom. The number of carbonyl (C=O) groups is 1. The first kappa shape index (κ1) is 36.1. The molecule has 7 rings (SSSR count). The van der Waals surface area contributed by atoms with E-state index in [0.29, 0.717) is 25.0 Å². The predicted octanol–water partition coefficient (Wildman–Crippen LogP) is 5.01. The van der Waals surface area contributed by atoms with Gasteiger partial charge in [-0.1, -0.05) is 32.1 Å². The number of aliphatic hydroxyl groups is 3. The van der Waals surface area contributed by atoms with E-state index >= 15 is 4.39 Å². The summed E-state index contributed by atoms with van der Waals surface area (Å²) in [5, 5.41) is 48.7. The number of halogens is 2. The van der Waals surface area contributed by atoms with E-state index in [2.05, 4.69) is 41.2 Å². The molecule has 2 heterocycles. The molecule has 4 aliphatic rings. The maximum atomic E-state index is 15.0. The summed E-state index contributed by atoms with van der Waals surface area (Å²) in [4.78, 5) is 15.8. The SMILES string of the molecule is COC(=O)CC[C@@H](C)[C@H]1CC[C@H]2[C@@H]3[C@H](O)C[C@@H]4C[C@@H](n5cc(CC(O)(Cn6cncn6)c6ccc(F)cc6F)nn5)CC[C@]4(C)[C@H]3C[C@H](O)[C@]12C. The fourth-order valence-corrected chi connectivity index (χ4v) is 11.6. The van der Waals surface area contributed by atoms with Gasteiger partial charge in [-0.3, -0.25) is 4.79 Å². The monoisotopic (exact) mass is 710 g/mol. The molecular weight excluding hydrogens is 658 g/mol. The van der Waals surface area contributed by atoms with E-state index in [9.17, 15) is 24.5 Å². The second-order valence-electron chi connectivity index (χ2n) is 16.7. The largest absolute Gasteiger partial charge is 0.469 e. The highest BCUT2D eigenvalue weighted by Crippen LogP contribution is 2.69. The number of methoxy groups -OCH3 is 1. The van der Waals surface area contributed by atoms with Crippen LogP contribution in [0.25, 0.3) is 0 Å². The minimum absolute atomic E-state index is 0.0318. The van der Waals surface area contributed by atoms with Crippen LogP contribution in [0.1, 0.15) is 95.9 Å². The van der Waals surface area contributed by atoms with Crippen LogP contribution in [0.2, 0.25) is 0 Å². The molecule has 51 heavy (non-hydrogen) atoms. The van der Waals surface area contributed by atoms with Crippen molar-refractivity contribution in [2.45, 2.75) is 115 Å². The van der Waals surface area contributed by atoms with Crippen LogP contribution in [0.4, 0.5) is 8.78 Å². The first-order valence-electron chi connectivity index (χ1n) is 18.6. The average Bonchev–Trinajstić information content (AvgIpc) is 3.85. The van der Waals surface area contributed by atoms with Gasteiger partial charge in [0.1, 0.15) is 29.9 Å². The fraction of sp³-hybridized carbons (Fsp3) is 0.711. The number of nitrogens with zero attached hydrogens (tertiary/aromatic N) is 6. The molecule has 2 aromatic heterocycles. The Morgan fingerprint density at radius 3 is 2.67 bits per heavy atom. The smallest absolute Gasteiger partial charge is 0.305 e. The maximum absolute atomic E-state index is 15.0. The molecule has 0 radical (unpaired) electrons. The molecule has 0 bridgehead atoms. The molecule has 1 aromatic carbocycles. The third kappa shape index (κ3) is 6.30. The van der Waals surface area contributed by atoms with Crippen LogP contribution in [-0.4, -0.2) is 70.4 Å². The van der Waals surface area contributed by atoms with Gasteiger partial charge in [-0.25, -0.2) is 23.1 Å². The summed E-state index contributed by atoms with van der Waals surface area (Å²) in [5.74, 6) is -0.463. The number of rotatable bonds is 10. The van der Waals surface area contributed by atoms with Gasteiger partial charge in [0.05, 0.1) is 37.6 Å². The highest BCUT2D eigenvalue weighted by Gasteiger charge is 2.65. The van der Waals surface area contributed by atoms with Gasteiger partial charge < -0.3 is 20.1 Å². The van der Waals surface area contributed by atoms with Crippen LogP contribution in [0, 0.1) is 58.0 Å². The van der Waals surface area contributed by atoms with Gasteiger partial charge in [-0.2, -0.15) is 5.10 Å². The molecule has 4 saturated carbocycles. The van der Waals surface area contributed by atoms with Crippen molar-refractivity contribution in [2.24, 2.45) is 46.3 Å². The Kier molecular flexibility index (Phi) is 9.62. The van der Waals surface area contributed by atoms with Gasteiger partial charge >= 0.3 is 5.97 Å². The van der Waals surface area contributed by atoms with E-state index in [1.54, 1.807) is 6.20 Å². The molecule has 1 unspecified atom stereocenters. The molecule has 0 aliphatic heterocycles. The van der Waals surface area contributed by atoms with Gasteiger partial charge in [-0.15, -0.1) is 5.10 Å². The third-order valence-corrected chi connectivity index (χ3v) is 14.3. The predicted molar refractivity (Wildman–Crippen MR) is 181 cm³/mol.